The lowest BCUT2D eigenvalue weighted by atomic mass is 9.90. The fourth-order valence-corrected chi connectivity index (χ4v) is 2.73. The van der Waals surface area contributed by atoms with Gasteiger partial charge in [0.25, 0.3) is 0 Å². The van der Waals surface area contributed by atoms with Gasteiger partial charge in [-0.15, -0.1) is 0 Å². The number of nitrogens with one attached hydrogen (secondary N) is 1. The van der Waals surface area contributed by atoms with Crippen LogP contribution in [0.1, 0.15) is 46.0 Å². The van der Waals surface area contributed by atoms with Crippen molar-refractivity contribution in [3.8, 4) is 0 Å². The zero-order valence-electron chi connectivity index (χ0n) is 11.6. The molecule has 0 bridgehead atoms. The average Bonchev–Trinajstić information content (AvgIpc) is 2.74. The number of hydrogen-bond donors (Lipinski definition) is 2. The fourth-order valence-electron chi connectivity index (χ4n) is 2.73. The lowest BCUT2D eigenvalue weighted by Crippen LogP contribution is -2.53. The van der Waals surface area contributed by atoms with E-state index in [0.29, 0.717) is 19.4 Å². The van der Waals surface area contributed by atoms with Gasteiger partial charge >= 0.3 is 5.97 Å². The van der Waals surface area contributed by atoms with Crippen molar-refractivity contribution in [1.29, 1.82) is 0 Å². The largest absolute Gasteiger partial charge is 0.479 e. The van der Waals surface area contributed by atoms with Crippen molar-refractivity contribution in [3.63, 3.8) is 0 Å². The van der Waals surface area contributed by atoms with E-state index in [9.17, 15) is 19.5 Å². The average molecular weight is 270 g/mol. The minimum atomic E-state index is -1.04. The van der Waals surface area contributed by atoms with Crippen LogP contribution in [0.5, 0.6) is 0 Å². The molecule has 0 radical (unpaired) electrons. The van der Waals surface area contributed by atoms with Crippen LogP contribution in [0, 0.1) is 0 Å². The molecular formula is C13H22N2O4. The highest BCUT2D eigenvalue weighted by molar-refractivity contribution is 5.88. The van der Waals surface area contributed by atoms with Crippen molar-refractivity contribution in [2.24, 2.45) is 0 Å². The van der Waals surface area contributed by atoms with Gasteiger partial charge in [-0.05, 0) is 19.3 Å². The number of carboxylic acid groups (broad SMARTS) is 1. The summed E-state index contributed by atoms with van der Waals surface area (Å²) >= 11 is 0. The molecule has 108 valence electrons. The Balaban J connectivity index is 2.70. The summed E-state index contributed by atoms with van der Waals surface area (Å²) in [5.74, 6) is -1.30. The van der Waals surface area contributed by atoms with Crippen molar-refractivity contribution >= 4 is 17.8 Å². The molecule has 1 saturated heterocycles. The molecule has 0 aliphatic carbocycles. The first-order valence-corrected chi connectivity index (χ1v) is 6.72. The van der Waals surface area contributed by atoms with Gasteiger partial charge in [-0.25, -0.2) is 4.79 Å². The standard InChI is InChI=1S/C13H22N2O4/c1-3-6-13(12(18)19)7-4-9-15(13)11(17)5-8-14-10(2)16/h3-9H2,1-2H3,(H,14,16)(H,18,19). The smallest absolute Gasteiger partial charge is 0.329 e. The van der Waals surface area contributed by atoms with Gasteiger partial charge < -0.3 is 15.3 Å². The molecular weight excluding hydrogens is 248 g/mol. The van der Waals surface area contributed by atoms with E-state index in [0.717, 1.165) is 12.8 Å². The maximum atomic E-state index is 12.1. The third-order valence-electron chi connectivity index (χ3n) is 3.56. The Hall–Kier alpha value is -1.59. The molecule has 1 unspecified atom stereocenters. The molecule has 1 rings (SSSR count). The lowest BCUT2D eigenvalue weighted by molar-refractivity contribution is -0.157. The highest BCUT2D eigenvalue weighted by Crippen LogP contribution is 2.34. The molecule has 6 nitrogen and oxygen atoms in total. The van der Waals surface area contributed by atoms with E-state index in [1.165, 1.54) is 11.8 Å². The Kier molecular flexibility index (Phi) is 5.32. The van der Waals surface area contributed by atoms with Gasteiger partial charge in [0.2, 0.25) is 11.8 Å². The Morgan fingerprint density at radius 3 is 2.58 bits per heavy atom. The highest BCUT2D eigenvalue weighted by Gasteiger charge is 2.48. The molecule has 2 amide bonds. The quantitative estimate of drug-likeness (QED) is 0.746. The van der Waals surface area contributed by atoms with Gasteiger partial charge in [-0.3, -0.25) is 9.59 Å². The first kappa shape index (κ1) is 15.5. The van der Waals surface area contributed by atoms with E-state index >= 15 is 0 Å². The summed E-state index contributed by atoms with van der Waals surface area (Å²) in [5.41, 5.74) is -1.04. The van der Waals surface area contributed by atoms with Crippen LogP contribution < -0.4 is 5.32 Å². The van der Waals surface area contributed by atoms with Crippen molar-refractivity contribution in [3.05, 3.63) is 0 Å². The van der Waals surface area contributed by atoms with E-state index in [1.54, 1.807) is 0 Å². The second-order valence-electron chi connectivity index (χ2n) is 4.97. The summed E-state index contributed by atoms with van der Waals surface area (Å²) < 4.78 is 0. The Bertz CT molecular complexity index is 370. The lowest BCUT2D eigenvalue weighted by Gasteiger charge is -2.34. The highest BCUT2D eigenvalue weighted by atomic mass is 16.4. The number of carbonyl (C=O) groups excluding carboxylic acids is 2. The molecule has 1 aliphatic rings. The van der Waals surface area contributed by atoms with Crippen LogP contribution in [0.4, 0.5) is 0 Å². The van der Waals surface area contributed by atoms with Crippen LogP contribution in [-0.4, -0.2) is 46.4 Å². The number of nitrogens with zero attached hydrogens (tertiary/aromatic N) is 1. The molecule has 1 heterocycles. The molecule has 0 aromatic heterocycles. The molecule has 1 aliphatic heterocycles. The first-order chi connectivity index (χ1) is 8.94. The maximum absolute atomic E-state index is 12.1. The summed E-state index contributed by atoms with van der Waals surface area (Å²) in [6.07, 6.45) is 2.59. The third-order valence-corrected chi connectivity index (χ3v) is 3.56. The normalized spacial score (nSPS) is 22.3. The molecule has 6 heteroatoms. The SMILES string of the molecule is CCCC1(C(=O)O)CCCN1C(=O)CCNC(C)=O. The molecule has 0 aromatic rings. The zero-order chi connectivity index (χ0) is 14.5. The topological polar surface area (TPSA) is 86.7 Å². The third kappa shape index (κ3) is 3.45. The van der Waals surface area contributed by atoms with Crippen LogP contribution in [0.15, 0.2) is 0 Å². The first-order valence-electron chi connectivity index (χ1n) is 6.72. The van der Waals surface area contributed by atoms with Gasteiger partial charge in [0.1, 0.15) is 5.54 Å². The van der Waals surface area contributed by atoms with Gasteiger partial charge in [-0.2, -0.15) is 0 Å². The Morgan fingerprint density at radius 2 is 2.05 bits per heavy atom. The minimum absolute atomic E-state index is 0.151. The van der Waals surface area contributed by atoms with E-state index in [-0.39, 0.29) is 24.8 Å². The minimum Gasteiger partial charge on any atom is -0.479 e. The van der Waals surface area contributed by atoms with Crippen molar-refractivity contribution in [2.45, 2.75) is 51.5 Å². The molecule has 0 aromatic carbocycles. The van der Waals surface area contributed by atoms with Crippen LogP contribution in [0.25, 0.3) is 0 Å². The molecule has 2 N–H and O–H groups in total. The molecule has 1 atom stereocenters. The van der Waals surface area contributed by atoms with E-state index in [4.69, 9.17) is 0 Å². The number of aliphatic carboxylic acids is 1. The molecule has 19 heavy (non-hydrogen) atoms. The van der Waals surface area contributed by atoms with Crippen molar-refractivity contribution in [2.75, 3.05) is 13.1 Å². The van der Waals surface area contributed by atoms with Gasteiger partial charge in [0.15, 0.2) is 0 Å². The van der Waals surface area contributed by atoms with Gasteiger partial charge in [0.05, 0.1) is 0 Å². The van der Waals surface area contributed by atoms with Gasteiger partial charge in [-0.1, -0.05) is 13.3 Å². The number of carboxylic acids is 1. The summed E-state index contributed by atoms with van der Waals surface area (Å²) in [7, 11) is 0. The van der Waals surface area contributed by atoms with Crippen LogP contribution in [0.3, 0.4) is 0 Å². The number of hydrogen-bond acceptors (Lipinski definition) is 3. The second kappa shape index (κ2) is 6.54. The van der Waals surface area contributed by atoms with E-state index in [1.807, 2.05) is 6.92 Å². The maximum Gasteiger partial charge on any atom is 0.329 e. The number of carbonyl (C=O) groups is 3. The Morgan fingerprint density at radius 1 is 1.37 bits per heavy atom. The molecule has 0 spiro atoms. The van der Waals surface area contributed by atoms with Crippen LogP contribution in [0.2, 0.25) is 0 Å². The summed E-state index contributed by atoms with van der Waals surface area (Å²) in [4.78, 5) is 35.9. The number of rotatable bonds is 6. The number of likely N-dealkylation sites (tertiary alicyclic amines) is 1. The molecule has 1 fully saturated rings. The van der Waals surface area contributed by atoms with Crippen LogP contribution in [-0.2, 0) is 14.4 Å². The number of amides is 2. The molecule has 0 saturated carbocycles. The summed E-state index contributed by atoms with van der Waals surface area (Å²) in [6, 6.07) is 0. The van der Waals surface area contributed by atoms with Gasteiger partial charge in [0, 0.05) is 26.4 Å². The van der Waals surface area contributed by atoms with E-state index in [2.05, 4.69) is 5.32 Å². The predicted molar refractivity (Wildman–Crippen MR) is 69.5 cm³/mol. The van der Waals surface area contributed by atoms with Crippen LogP contribution >= 0.6 is 0 Å². The summed E-state index contributed by atoms with van der Waals surface area (Å²) in [5, 5.41) is 12.0. The summed E-state index contributed by atoms with van der Waals surface area (Å²) in [6.45, 7) is 4.06. The second-order valence-corrected chi connectivity index (χ2v) is 4.97. The zero-order valence-corrected chi connectivity index (χ0v) is 11.6. The Labute approximate surface area is 113 Å². The predicted octanol–water partition coefficient (Wildman–Crippen LogP) is 0.758. The van der Waals surface area contributed by atoms with Crippen molar-refractivity contribution in [1.82, 2.24) is 10.2 Å². The monoisotopic (exact) mass is 270 g/mol. The van der Waals surface area contributed by atoms with E-state index < -0.39 is 11.5 Å². The fraction of sp³-hybridized carbons (Fsp3) is 0.769. The van der Waals surface area contributed by atoms with Crippen molar-refractivity contribution < 1.29 is 19.5 Å².